The van der Waals surface area contributed by atoms with E-state index in [2.05, 4.69) is 10.6 Å². The molecule has 9 heteroatoms. The normalized spacial score (nSPS) is 10.3. The number of nitrogens with one attached hydrogen (secondary N) is 2. The first-order valence-corrected chi connectivity index (χ1v) is 9.89. The number of esters is 1. The molecule has 2 amide bonds. The Kier molecular flexibility index (Phi) is 6.66. The van der Waals surface area contributed by atoms with E-state index < -0.39 is 23.6 Å². The van der Waals surface area contributed by atoms with E-state index in [1.165, 1.54) is 26.4 Å². The highest BCUT2D eigenvalue weighted by molar-refractivity contribution is 7.19. The van der Waals surface area contributed by atoms with Gasteiger partial charge in [-0.1, -0.05) is 6.07 Å². The molecule has 2 N–H and O–H groups in total. The summed E-state index contributed by atoms with van der Waals surface area (Å²) in [5.41, 5.74) is 1.16. The van der Waals surface area contributed by atoms with Crippen molar-refractivity contribution in [3.8, 4) is 5.75 Å². The topological polar surface area (TPSA) is 93.7 Å². The molecule has 2 aromatic carbocycles. The number of benzene rings is 2. The largest absolute Gasteiger partial charge is 0.497 e. The summed E-state index contributed by atoms with van der Waals surface area (Å²) in [6.45, 7) is 1.59. The van der Waals surface area contributed by atoms with Crippen LogP contribution < -0.4 is 15.4 Å². The Morgan fingerprint density at radius 3 is 2.32 bits per heavy atom. The van der Waals surface area contributed by atoms with Gasteiger partial charge >= 0.3 is 5.97 Å². The van der Waals surface area contributed by atoms with E-state index >= 15 is 0 Å². The van der Waals surface area contributed by atoms with Gasteiger partial charge in [-0.25, -0.2) is 9.18 Å². The number of thiophene rings is 1. The van der Waals surface area contributed by atoms with E-state index in [1.807, 2.05) is 0 Å². The molecule has 0 aliphatic carbocycles. The van der Waals surface area contributed by atoms with E-state index in [4.69, 9.17) is 9.47 Å². The van der Waals surface area contributed by atoms with Crippen molar-refractivity contribution >= 4 is 39.8 Å². The number of rotatable bonds is 6. The van der Waals surface area contributed by atoms with Crippen molar-refractivity contribution in [1.82, 2.24) is 0 Å². The highest BCUT2D eigenvalue weighted by Gasteiger charge is 2.26. The third kappa shape index (κ3) is 4.89. The van der Waals surface area contributed by atoms with Crippen LogP contribution in [0.2, 0.25) is 0 Å². The van der Waals surface area contributed by atoms with Gasteiger partial charge < -0.3 is 20.1 Å². The summed E-state index contributed by atoms with van der Waals surface area (Å²) in [5, 5.41) is 5.53. The predicted octanol–water partition coefficient (Wildman–Crippen LogP) is 4.50. The SMILES string of the molecule is COC(=O)c1c(NC(=O)c2ccc(F)cc2)sc(C(=O)Nc2cccc(OC)c2)c1C. The molecule has 1 aromatic heterocycles. The zero-order chi connectivity index (χ0) is 22.5. The summed E-state index contributed by atoms with van der Waals surface area (Å²) < 4.78 is 23.1. The van der Waals surface area contributed by atoms with E-state index in [0.717, 1.165) is 23.5 Å². The van der Waals surface area contributed by atoms with Crippen molar-refractivity contribution in [2.24, 2.45) is 0 Å². The molecule has 3 rings (SSSR count). The predicted molar refractivity (Wildman–Crippen MR) is 116 cm³/mol. The number of carbonyl (C=O) groups excluding carboxylic acids is 3. The molecule has 0 atom stereocenters. The van der Waals surface area contributed by atoms with Crippen LogP contribution >= 0.6 is 11.3 Å². The van der Waals surface area contributed by atoms with E-state index in [9.17, 15) is 18.8 Å². The van der Waals surface area contributed by atoms with Crippen LogP contribution in [0.5, 0.6) is 5.75 Å². The highest BCUT2D eigenvalue weighted by atomic mass is 32.1. The first kappa shape index (κ1) is 22.0. The van der Waals surface area contributed by atoms with Crippen LogP contribution in [0, 0.1) is 12.7 Å². The van der Waals surface area contributed by atoms with Gasteiger partial charge in [-0.2, -0.15) is 0 Å². The van der Waals surface area contributed by atoms with Gasteiger partial charge in [-0.15, -0.1) is 11.3 Å². The Balaban J connectivity index is 1.92. The van der Waals surface area contributed by atoms with Gasteiger partial charge in [0.15, 0.2) is 0 Å². The zero-order valence-corrected chi connectivity index (χ0v) is 17.8. The molecule has 160 valence electrons. The van der Waals surface area contributed by atoms with Crippen LogP contribution in [0.1, 0.15) is 36.0 Å². The van der Waals surface area contributed by atoms with Crippen LogP contribution in [-0.4, -0.2) is 32.0 Å². The van der Waals surface area contributed by atoms with E-state index in [1.54, 1.807) is 31.2 Å². The molecular weight excluding hydrogens is 423 g/mol. The first-order chi connectivity index (χ1) is 14.8. The quantitative estimate of drug-likeness (QED) is 0.549. The van der Waals surface area contributed by atoms with Gasteiger partial charge in [0, 0.05) is 17.3 Å². The lowest BCUT2D eigenvalue weighted by atomic mass is 10.1. The minimum absolute atomic E-state index is 0.0822. The number of amides is 2. The van der Waals surface area contributed by atoms with Crippen molar-refractivity contribution in [2.45, 2.75) is 6.92 Å². The van der Waals surface area contributed by atoms with Crippen LogP contribution in [-0.2, 0) is 4.74 Å². The molecular formula is C22H19FN2O5S. The van der Waals surface area contributed by atoms with Crippen molar-refractivity contribution in [3.63, 3.8) is 0 Å². The molecule has 0 aliphatic heterocycles. The average Bonchev–Trinajstić information content (AvgIpc) is 3.09. The summed E-state index contributed by atoms with van der Waals surface area (Å²) in [7, 11) is 2.73. The minimum atomic E-state index is -0.691. The third-order valence-corrected chi connectivity index (χ3v) is 5.61. The Hall–Kier alpha value is -3.72. The second-order valence-electron chi connectivity index (χ2n) is 6.40. The second-order valence-corrected chi connectivity index (χ2v) is 7.42. The lowest BCUT2D eigenvalue weighted by Gasteiger charge is -2.06. The number of hydrogen-bond donors (Lipinski definition) is 2. The Labute approximate surface area is 181 Å². The van der Waals surface area contributed by atoms with Crippen molar-refractivity contribution in [2.75, 3.05) is 24.9 Å². The molecule has 0 saturated heterocycles. The molecule has 0 fully saturated rings. The first-order valence-electron chi connectivity index (χ1n) is 9.08. The highest BCUT2D eigenvalue weighted by Crippen LogP contribution is 2.34. The smallest absolute Gasteiger partial charge is 0.341 e. The van der Waals surface area contributed by atoms with Crippen molar-refractivity contribution in [3.05, 3.63) is 75.9 Å². The monoisotopic (exact) mass is 442 g/mol. The fourth-order valence-electron chi connectivity index (χ4n) is 2.83. The van der Waals surface area contributed by atoms with Crippen molar-refractivity contribution in [1.29, 1.82) is 0 Å². The lowest BCUT2D eigenvalue weighted by Crippen LogP contribution is -2.14. The number of ether oxygens (including phenoxy) is 2. The maximum atomic E-state index is 13.1. The van der Waals surface area contributed by atoms with Gasteiger partial charge in [-0.3, -0.25) is 9.59 Å². The Bertz CT molecular complexity index is 1140. The fraction of sp³-hybridized carbons (Fsp3) is 0.136. The molecule has 0 aliphatic rings. The van der Waals surface area contributed by atoms with Gasteiger partial charge in [0.05, 0.1) is 24.7 Å². The third-order valence-electron chi connectivity index (χ3n) is 4.40. The minimum Gasteiger partial charge on any atom is -0.497 e. The maximum Gasteiger partial charge on any atom is 0.341 e. The number of hydrogen-bond acceptors (Lipinski definition) is 6. The number of halogens is 1. The molecule has 31 heavy (non-hydrogen) atoms. The standard InChI is InChI=1S/C22H19FN2O5S/c1-12-17(22(28)30-3)21(25-19(26)13-7-9-14(23)10-8-13)31-18(12)20(27)24-15-5-4-6-16(11-15)29-2/h4-11H,1-3H3,(H,24,27)(H,25,26). The van der Waals surface area contributed by atoms with Crippen LogP contribution in [0.15, 0.2) is 48.5 Å². The summed E-state index contributed by atoms with van der Waals surface area (Å²) in [6.07, 6.45) is 0. The van der Waals surface area contributed by atoms with Gasteiger partial charge in [0.2, 0.25) is 0 Å². The molecule has 0 bridgehead atoms. The number of anilines is 2. The Morgan fingerprint density at radius 1 is 0.968 bits per heavy atom. The van der Waals surface area contributed by atoms with E-state index in [-0.39, 0.29) is 21.0 Å². The molecule has 0 radical (unpaired) electrons. The average molecular weight is 442 g/mol. The molecule has 7 nitrogen and oxygen atoms in total. The van der Waals surface area contributed by atoms with Crippen LogP contribution in [0.3, 0.4) is 0 Å². The van der Waals surface area contributed by atoms with Crippen LogP contribution in [0.4, 0.5) is 15.1 Å². The van der Waals surface area contributed by atoms with Gasteiger partial charge in [-0.05, 0) is 48.9 Å². The summed E-state index contributed by atoms with van der Waals surface area (Å²) in [6, 6.07) is 11.8. The number of carbonyl (C=O) groups is 3. The fourth-order valence-corrected chi connectivity index (χ4v) is 3.92. The molecule has 3 aromatic rings. The lowest BCUT2D eigenvalue weighted by molar-refractivity contribution is 0.0601. The maximum absolute atomic E-state index is 13.1. The van der Waals surface area contributed by atoms with E-state index in [0.29, 0.717) is 17.0 Å². The summed E-state index contributed by atoms with van der Waals surface area (Å²) in [4.78, 5) is 38.0. The Morgan fingerprint density at radius 2 is 1.68 bits per heavy atom. The molecule has 0 saturated carbocycles. The second kappa shape index (κ2) is 9.40. The molecule has 0 unspecified atom stereocenters. The zero-order valence-electron chi connectivity index (χ0n) is 16.9. The van der Waals surface area contributed by atoms with Gasteiger partial charge in [0.1, 0.15) is 16.6 Å². The summed E-state index contributed by atoms with van der Waals surface area (Å²) in [5.74, 6) is -1.60. The number of methoxy groups -OCH3 is 2. The molecule has 1 heterocycles. The molecule has 0 spiro atoms. The van der Waals surface area contributed by atoms with Crippen molar-refractivity contribution < 1.29 is 28.2 Å². The summed E-state index contributed by atoms with van der Waals surface area (Å²) >= 11 is 0.943. The van der Waals surface area contributed by atoms with Crippen LogP contribution in [0.25, 0.3) is 0 Å². The van der Waals surface area contributed by atoms with Gasteiger partial charge in [0.25, 0.3) is 11.8 Å².